The molecule has 2 aromatic heterocycles. The van der Waals surface area contributed by atoms with E-state index in [-0.39, 0.29) is 5.97 Å². The van der Waals surface area contributed by atoms with Crippen LogP contribution in [0, 0.1) is 0 Å². The molecule has 0 aliphatic carbocycles. The number of aromatic amines is 1. The molecule has 0 unspecified atom stereocenters. The zero-order valence-corrected chi connectivity index (χ0v) is 10.6. The Morgan fingerprint density at radius 1 is 1.32 bits per heavy atom. The Morgan fingerprint density at radius 2 is 2.16 bits per heavy atom. The first-order valence-electron chi connectivity index (χ1n) is 6.22. The second kappa shape index (κ2) is 7.16. The molecule has 4 heteroatoms. The van der Waals surface area contributed by atoms with Crippen molar-refractivity contribution in [2.75, 3.05) is 6.61 Å². The standard InChI is InChI=1S/C15H16N2O2/c18-15(6-5-14-4-1-9-17-14)19-12-2-3-13-7-10-16-11-8-13/h1,4-11,17H,2-3,12H2. The molecule has 0 fully saturated rings. The Hall–Kier alpha value is -2.36. The molecule has 4 nitrogen and oxygen atoms in total. The fraction of sp³-hybridized carbons (Fsp3) is 0.200. The maximum Gasteiger partial charge on any atom is 0.330 e. The lowest BCUT2D eigenvalue weighted by Gasteiger charge is -2.02. The van der Waals surface area contributed by atoms with E-state index in [1.165, 1.54) is 11.6 Å². The fourth-order valence-corrected chi connectivity index (χ4v) is 1.65. The number of ether oxygens (including phenoxy) is 1. The summed E-state index contributed by atoms with van der Waals surface area (Å²) in [5, 5.41) is 0. The summed E-state index contributed by atoms with van der Waals surface area (Å²) in [5.74, 6) is -0.315. The number of carbonyl (C=O) groups is 1. The largest absolute Gasteiger partial charge is 0.463 e. The molecule has 0 aromatic carbocycles. The van der Waals surface area contributed by atoms with Crippen LogP contribution in [0.15, 0.2) is 48.9 Å². The van der Waals surface area contributed by atoms with Gasteiger partial charge in [-0.3, -0.25) is 4.98 Å². The van der Waals surface area contributed by atoms with Crippen LogP contribution in [-0.4, -0.2) is 22.5 Å². The molecule has 98 valence electrons. The number of nitrogens with one attached hydrogen (secondary N) is 1. The van der Waals surface area contributed by atoms with E-state index in [2.05, 4.69) is 9.97 Å². The number of aromatic nitrogens is 2. The molecule has 2 aromatic rings. The number of esters is 1. The summed E-state index contributed by atoms with van der Waals surface area (Å²) < 4.78 is 5.11. The third-order valence-corrected chi connectivity index (χ3v) is 2.62. The van der Waals surface area contributed by atoms with Crippen molar-refractivity contribution >= 4 is 12.0 Å². The number of hydrogen-bond acceptors (Lipinski definition) is 3. The molecular formula is C15H16N2O2. The molecule has 0 aliphatic heterocycles. The molecule has 0 atom stereocenters. The Kier molecular flexibility index (Phi) is 4.93. The van der Waals surface area contributed by atoms with Crippen LogP contribution in [0.2, 0.25) is 0 Å². The van der Waals surface area contributed by atoms with Crippen LogP contribution >= 0.6 is 0 Å². The Bertz CT molecular complexity index is 518. The zero-order valence-electron chi connectivity index (χ0n) is 10.6. The van der Waals surface area contributed by atoms with Gasteiger partial charge < -0.3 is 9.72 Å². The van der Waals surface area contributed by atoms with Gasteiger partial charge in [0.05, 0.1) is 6.61 Å². The highest BCUT2D eigenvalue weighted by molar-refractivity contribution is 5.86. The molecule has 1 N–H and O–H groups in total. The summed E-state index contributed by atoms with van der Waals surface area (Å²) in [5.41, 5.74) is 2.08. The van der Waals surface area contributed by atoms with Gasteiger partial charge in [-0.2, -0.15) is 0 Å². The van der Waals surface area contributed by atoms with Gasteiger partial charge in [-0.15, -0.1) is 0 Å². The molecule has 0 saturated carbocycles. The van der Waals surface area contributed by atoms with E-state index in [0.717, 1.165) is 18.5 Å². The maximum absolute atomic E-state index is 11.4. The molecule has 0 aliphatic rings. The van der Waals surface area contributed by atoms with Gasteiger partial charge in [0.2, 0.25) is 0 Å². The van der Waals surface area contributed by atoms with Crippen molar-refractivity contribution < 1.29 is 9.53 Å². The predicted octanol–water partition coefficient (Wildman–Crippen LogP) is 2.60. The summed E-state index contributed by atoms with van der Waals surface area (Å²) in [6.45, 7) is 0.427. The van der Waals surface area contributed by atoms with E-state index in [9.17, 15) is 4.79 Å². The number of aryl methyl sites for hydroxylation is 1. The molecule has 2 heterocycles. The topological polar surface area (TPSA) is 55.0 Å². The van der Waals surface area contributed by atoms with Crippen LogP contribution in [0.4, 0.5) is 0 Å². The highest BCUT2D eigenvalue weighted by atomic mass is 16.5. The molecule has 0 radical (unpaired) electrons. The lowest BCUT2D eigenvalue weighted by molar-refractivity contribution is -0.137. The van der Waals surface area contributed by atoms with Gasteiger partial charge >= 0.3 is 5.97 Å². The Morgan fingerprint density at radius 3 is 2.89 bits per heavy atom. The Balaban J connectivity index is 1.64. The van der Waals surface area contributed by atoms with Crippen LogP contribution in [0.25, 0.3) is 6.08 Å². The van der Waals surface area contributed by atoms with Gasteiger partial charge in [0.15, 0.2) is 0 Å². The summed E-state index contributed by atoms with van der Waals surface area (Å²) >= 11 is 0. The van der Waals surface area contributed by atoms with E-state index in [4.69, 9.17) is 4.74 Å². The van der Waals surface area contributed by atoms with Crippen molar-refractivity contribution in [3.63, 3.8) is 0 Å². The van der Waals surface area contributed by atoms with Gasteiger partial charge in [-0.25, -0.2) is 4.79 Å². The smallest absolute Gasteiger partial charge is 0.330 e. The number of H-pyrrole nitrogens is 1. The van der Waals surface area contributed by atoms with Crippen molar-refractivity contribution in [3.05, 3.63) is 60.2 Å². The lowest BCUT2D eigenvalue weighted by atomic mass is 10.1. The number of pyridine rings is 1. The summed E-state index contributed by atoms with van der Waals surface area (Å²) in [7, 11) is 0. The van der Waals surface area contributed by atoms with E-state index in [1.54, 1.807) is 24.7 Å². The molecule has 0 bridgehead atoms. The minimum Gasteiger partial charge on any atom is -0.463 e. The van der Waals surface area contributed by atoms with Crippen molar-refractivity contribution in [2.24, 2.45) is 0 Å². The quantitative estimate of drug-likeness (QED) is 0.491. The van der Waals surface area contributed by atoms with Gasteiger partial charge in [0.1, 0.15) is 0 Å². The van der Waals surface area contributed by atoms with Crippen LogP contribution in [-0.2, 0) is 16.0 Å². The van der Waals surface area contributed by atoms with Crippen LogP contribution in [0.1, 0.15) is 17.7 Å². The van der Waals surface area contributed by atoms with Crippen LogP contribution in [0.3, 0.4) is 0 Å². The number of carbonyl (C=O) groups excluding carboxylic acids is 1. The molecule has 0 saturated heterocycles. The first-order chi connectivity index (χ1) is 9.34. The van der Waals surface area contributed by atoms with Crippen LogP contribution in [0.5, 0.6) is 0 Å². The predicted molar refractivity (Wildman–Crippen MR) is 73.3 cm³/mol. The maximum atomic E-state index is 11.4. The highest BCUT2D eigenvalue weighted by Crippen LogP contribution is 2.02. The lowest BCUT2D eigenvalue weighted by Crippen LogP contribution is -2.03. The van der Waals surface area contributed by atoms with Gasteiger partial charge in [-0.05, 0) is 48.7 Å². The second-order valence-electron chi connectivity index (χ2n) is 4.09. The van der Waals surface area contributed by atoms with E-state index >= 15 is 0 Å². The van der Waals surface area contributed by atoms with E-state index in [0.29, 0.717) is 6.61 Å². The van der Waals surface area contributed by atoms with E-state index < -0.39 is 0 Å². The van der Waals surface area contributed by atoms with Crippen molar-refractivity contribution in [3.8, 4) is 0 Å². The fourth-order valence-electron chi connectivity index (χ4n) is 1.65. The van der Waals surface area contributed by atoms with Gasteiger partial charge in [0, 0.05) is 30.4 Å². The van der Waals surface area contributed by atoms with Gasteiger partial charge in [-0.1, -0.05) is 0 Å². The Labute approximate surface area is 112 Å². The third-order valence-electron chi connectivity index (χ3n) is 2.62. The van der Waals surface area contributed by atoms with Crippen molar-refractivity contribution in [1.29, 1.82) is 0 Å². The molecule has 0 spiro atoms. The molecule has 0 amide bonds. The number of rotatable bonds is 6. The zero-order chi connectivity index (χ0) is 13.3. The molecule has 2 rings (SSSR count). The number of hydrogen-bond donors (Lipinski definition) is 1. The first kappa shape index (κ1) is 13.1. The third kappa shape index (κ3) is 4.79. The average Bonchev–Trinajstić information content (AvgIpc) is 2.96. The minimum atomic E-state index is -0.315. The molecular weight excluding hydrogens is 240 g/mol. The number of nitrogens with zero attached hydrogens (tertiary/aromatic N) is 1. The minimum absolute atomic E-state index is 0.315. The summed E-state index contributed by atoms with van der Waals surface area (Å²) in [6.07, 6.45) is 10.2. The SMILES string of the molecule is O=C(C=Cc1ccc[nH]1)OCCCc1ccncc1. The summed E-state index contributed by atoms with van der Waals surface area (Å²) in [4.78, 5) is 18.4. The van der Waals surface area contributed by atoms with Crippen LogP contribution < -0.4 is 0 Å². The van der Waals surface area contributed by atoms with Crippen molar-refractivity contribution in [1.82, 2.24) is 9.97 Å². The van der Waals surface area contributed by atoms with Crippen molar-refractivity contribution in [2.45, 2.75) is 12.8 Å². The molecule has 19 heavy (non-hydrogen) atoms. The first-order valence-corrected chi connectivity index (χ1v) is 6.22. The van der Waals surface area contributed by atoms with Gasteiger partial charge in [0.25, 0.3) is 0 Å². The monoisotopic (exact) mass is 256 g/mol. The second-order valence-corrected chi connectivity index (χ2v) is 4.09. The van der Waals surface area contributed by atoms with E-state index in [1.807, 2.05) is 24.3 Å². The summed E-state index contributed by atoms with van der Waals surface area (Å²) in [6, 6.07) is 7.69. The average molecular weight is 256 g/mol. The highest BCUT2D eigenvalue weighted by Gasteiger charge is 1.98. The normalized spacial score (nSPS) is 10.7.